The fraction of sp³-hybridized carbons (Fsp3) is 0.588. The molecule has 1 aromatic rings. The normalized spacial score (nSPS) is 22.7. The van der Waals surface area contributed by atoms with Gasteiger partial charge in [-0.25, -0.2) is 8.42 Å². The van der Waals surface area contributed by atoms with Gasteiger partial charge in [-0.2, -0.15) is 0 Å². The Morgan fingerprint density at radius 1 is 1.23 bits per heavy atom. The van der Waals surface area contributed by atoms with Crippen molar-refractivity contribution in [2.75, 3.05) is 38.6 Å². The van der Waals surface area contributed by atoms with Crippen LogP contribution >= 0.6 is 0 Å². The molecule has 0 radical (unpaired) electrons. The van der Waals surface area contributed by atoms with E-state index in [1.807, 2.05) is 0 Å². The highest BCUT2D eigenvalue weighted by atomic mass is 32.2. The summed E-state index contributed by atoms with van der Waals surface area (Å²) >= 11 is 0. The predicted octanol–water partition coefficient (Wildman–Crippen LogP) is -0.292. The zero-order valence-corrected chi connectivity index (χ0v) is 15.3. The van der Waals surface area contributed by atoms with Crippen LogP contribution in [0.2, 0.25) is 0 Å². The van der Waals surface area contributed by atoms with Crippen LogP contribution in [0.25, 0.3) is 0 Å². The Labute approximate surface area is 152 Å². The number of carbonyl (C=O) groups excluding carboxylic acids is 1. The lowest BCUT2D eigenvalue weighted by atomic mass is 10.1. The Balaban J connectivity index is 1.55. The van der Waals surface area contributed by atoms with Gasteiger partial charge in [0.15, 0.2) is 21.3 Å². The number of fused-ring (bicyclic) bond motifs is 1. The number of aliphatic hydroxyl groups is 1. The Morgan fingerprint density at radius 2 is 2.00 bits per heavy atom. The standard InChI is InChI=1S/C17H24N2O6S/c20-14-11-18-9-12(14)10-19-17(21)4-7-26(22,23)13-2-3-15-16(8-13)25-6-1-5-24-15/h2-3,8,12,14,18,20H,1,4-7,9-11H2,(H,19,21). The van der Waals surface area contributed by atoms with Crippen molar-refractivity contribution in [1.82, 2.24) is 10.6 Å². The third-order valence-corrected chi connectivity index (χ3v) is 6.26. The summed E-state index contributed by atoms with van der Waals surface area (Å²) in [6.07, 6.45) is 0.121. The summed E-state index contributed by atoms with van der Waals surface area (Å²) in [6, 6.07) is 4.51. The van der Waals surface area contributed by atoms with Gasteiger partial charge >= 0.3 is 0 Å². The van der Waals surface area contributed by atoms with Crippen molar-refractivity contribution in [2.24, 2.45) is 5.92 Å². The van der Waals surface area contributed by atoms with E-state index >= 15 is 0 Å². The van der Waals surface area contributed by atoms with Crippen molar-refractivity contribution in [3.63, 3.8) is 0 Å². The first-order chi connectivity index (χ1) is 12.5. The average molecular weight is 384 g/mol. The number of sulfone groups is 1. The smallest absolute Gasteiger partial charge is 0.221 e. The van der Waals surface area contributed by atoms with Gasteiger partial charge in [0, 0.05) is 44.5 Å². The molecule has 0 spiro atoms. The molecule has 8 nitrogen and oxygen atoms in total. The van der Waals surface area contributed by atoms with Gasteiger partial charge in [0.1, 0.15) is 0 Å². The van der Waals surface area contributed by atoms with Gasteiger partial charge in [0.05, 0.1) is 30.0 Å². The number of carbonyl (C=O) groups is 1. The lowest BCUT2D eigenvalue weighted by Gasteiger charge is -2.14. The van der Waals surface area contributed by atoms with Gasteiger partial charge in [-0.15, -0.1) is 0 Å². The molecule has 9 heteroatoms. The first-order valence-corrected chi connectivity index (χ1v) is 10.4. The molecule has 144 valence electrons. The molecule has 0 aromatic heterocycles. The summed E-state index contributed by atoms with van der Waals surface area (Å²) in [5.74, 6) is 0.266. The van der Waals surface area contributed by atoms with Crippen LogP contribution in [0, 0.1) is 5.92 Å². The Bertz CT molecular complexity index is 752. The topological polar surface area (TPSA) is 114 Å². The van der Waals surface area contributed by atoms with Crippen LogP contribution in [0.4, 0.5) is 0 Å². The SMILES string of the molecule is O=C(CCS(=O)(=O)c1ccc2c(c1)OCCCO2)NCC1CNCC1O. The molecule has 2 aliphatic rings. The number of ether oxygens (including phenoxy) is 2. The van der Waals surface area contributed by atoms with E-state index in [2.05, 4.69) is 10.6 Å². The van der Waals surface area contributed by atoms with Crippen molar-refractivity contribution in [2.45, 2.75) is 23.8 Å². The maximum Gasteiger partial charge on any atom is 0.221 e. The summed E-state index contributed by atoms with van der Waals surface area (Å²) < 4.78 is 36.0. The summed E-state index contributed by atoms with van der Waals surface area (Å²) in [4.78, 5) is 12.1. The number of nitrogens with one attached hydrogen (secondary N) is 2. The Hall–Kier alpha value is -1.84. The lowest BCUT2D eigenvalue weighted by molar-refractivity contribution is -0.120. The van der Waals surface area contributed by atoms with Gasteiger partial charge in [0.2, 0.25) is 5.91 Å². The fourth-order valence-electron chi connectivity index (χ4n) is 2.94. The number of hydrogen-bond donors (Lipinski definition) is 3. The molecule has 0 aliphatic carbocycles. The molecular formula is C17H24N2O6S. The molecule has 3 rings (SSSR count). The van der Waals surface area contributed by atoms with E-state index < -0.39 is 15.9 Å². The maximum atomic E-state index is 12.5. The Kier molecular flexibility index (Phi) is 6.00. The van der Waals surface area contributed by atoms with E-state index in [4.69, 9.17) is 9.47 Å². The van der Waals surface area contributed by atoms with Crippen LogP contribution in [0.1, 0.15) is 12.8 Å². The quantitative estimate of drug-likeness (QED) is 0.617. The third-order valence-electron chi connectivity index (χ3n) is 4.54. The zero-order valence-electron chi connectivity index (χ0n) is 14.4. The molecular weight excluding hydrogens is 360 g/mol. The number of β-amino-alcohol motifs (C(OH)–C–C–N with tert-alkyl or cyclic N) is 1. The highest BCUT2D eigenvalue weighted by Crippen LogP contribution is 2.32. The lowest BCUT2D eigenvalue weighted by Crippen LogP contribution is -2.35. The van der Waals surface area contributed by atoms with Gasteiger partial charge < -0.3 is 25.2 Å². The highest BCUT2D eigenvalue weighted by molar-refractivity contribution is 7.91. The third kappa shape index (κ3) is 4.66. The summed E-state index contributed by atoms with van der Waals surface area (Å²) in [7, 11) is -3.61. The van der Waals surface area contributed by atoms with E-state index in [1.54, 1.807) is 6.07 Å². The van der Waals surface area contributed by atoms with E-state index in [0.29, 0.717) is 44.3 Å². The van der Waals surface area contributed by atoms with Gasteiger partial charge in [-0.3, -0.25) is 4.79 Å². The molecule has 2 heterocycles. The second-order valence-corrected chi connectivity index (χ2v) is 8.63. The van der Waals surface area contributed by atoms with Crippen LogP contribution in [-0.4, -0.2) is 64.1 Å². The summed E-state index contributed by atoms with van der Waals surface area (Å²) in [5.41, 5.74) is 0. The molecule has 26 heavy (non-hydrogen) atoms. The zero-order chi connectivity index (χ0) is 18.6. The first kappa shape index (κ1) is 18.9. The van der Waals surface area contributed by atoms with E-state index in [9.17, 15) is 18.3 Å². The van der Waals surface area contributed by atoms with Crippen molar-refractivity contribution in [3.05, 3.63) is 18.2 Å². The number of benzene rings is 1. The largest absolute Gasteiger partial charge is 0.490 e. The van der Waals surface area contributed by atoms with Gasteiger partial charge in [-0.1, -0.05) is 0 Å². The molecule has 0 saturated carbocycles. The van der Waals surface area contributed by atoms with E-state index in [0.717, 1.165) is 6.42 Å². The Morgan fingerprint density at radius 3 is 2.73 bits per heavy atom. The molecule has 0 bridgehead atoms. The number of rotatable bonds is 6. The van der Waals surface area contributed by atoms with Crippen molar-refractivity contribution >= 4 is 15.7 Å². The molecule has 2 unspecified atom stereocenters. The minimum Gasteiger partial charge on any atom is -0.490 e. The van der Waals surface area contributed by atoms with Crippen molar-refractivity contribution < 1.29 is 27.8 Å². The van der Waals surface area contributed by atoms with Gasteiger partial charge in [-0.05, 0) is 12.1 Å². The average Bonchev–Trinajstić information content (AvgIpc) is 2.89. The molecule has 2 aliphatic heterocycles. The van der Waals surface area contributed by atoms with Crippen LogP contribution in [0.15, 0.2) is 23.1 Å². The van der Waals surface area contributed by atoms with E-state index in [1.165, 1.54) is 12.1 Å². The van der Waals surface area contributed by atoms with Crippen LogP contribution in [-0.2, 0) is 14.6 Å². The van der Waals surface area contributed by atoms with Crippen LogP contribution in [0.3, 0.4) is 0 Å². The minimum atomic E-state index is -3.61. The van der Waals surface area contributed by atoms with Crippen molar-refractivity contribution in [1.29, 1.82) is 0 Å². The maximum absolute atomic E-state index is 12.5. The fourth-order valence-corrected chi connectivity index (χ4v) is 4.19. The second-order valence-electron chi connectivity index (χ2n) is 6.52. The molecule has 3 N–H and O–H groups in total. The van der Waals surface area contributed by atoms with Gasteiger partial charge in [0.25, 0.3) is 0 Å². The van der Waals surface area contributed by atoms with Crippen molar-refractivity contribution in [3.8, 4) is 11.5 Å². The first-order valence-electron chi connectivity index (χ1n) is 8.73. The molecule has 1 amide bonds. The minimum absolute atomic E-state index is 0.0442. The number of hydrogen-bond acceptors (Lipinski definition) is 7. The number of amides is 1. The molecule has 1 fully saturated rings. The van der Waals surface area contributed by atoms with Crippen LogP contribution in [0.5, 0.6) is 11.5 Å². The molecule has 1 saturated heterocycles. The monoisotopic (exact) mass is 384 g/mol. The molecule has 1 aromatic carbocycles. The second kappa shape index (κ2) is 8.24. The van der Waals surface area contributed by atoms with E-state index in [-0.39, 0.29) is 28.9 Å². The predicted molar refractivity (Wildman–Crippen MR) is 94.1 cm³/mol. The molecule has 2 atom stereocenters. The summed E-state index contributed by atoms with van der Waals surface area (Å²) in [5, 5.41) is 15.4. The number of aliphatic hydroxyl groups excluding tert-OH is 1. The summed E-state index contributed by atoms with van der Waals surface area (Å²) in [6.45, 7) is 2.48. The van der Waals surface area contributed by atoms with Crippen LogP contribution < -0.4 is 20.1 Å². The highest BCUT2D eigenvalue weighted by Gasteiger charge is 2.25.